The molecule has 140 valence electrons. The molecule has 2 N–H and O–H groups in total. The third-order valence-corrected chi connectivity index (χ3v) is 4.01. The van der Waals surface area contributed by atoms with Crippen LogP contribution in [0.5, 0.6) is 0 Å². The van der Waals surface area contributed by atoms with Gasteiger partial charge in [-0.25, -0.2) is 4.98 Å². The van der Waals surface area contributed by atoms with Crippen molar-refractivity contribution in [3.05, 3.63) is 76.9 Å². The van der Waals surface area contributed by atoms with E-state index in [9.17, 15) is 13.2 Å². The van der Waals surface area contributed by atoms with E-state index in [0.29, 0.717) is 17.5 Å². The maximum absolute atomic E-state index is 13.1. The van der Waals surface area contributed by atoms with E-state index in [1.807, 2.05) is 24.3 Å². The summed E-state index contributed by atoms with van der Waals surface area (Å²) < 4.78 is 39.3. The molecule has 0 spiro atoms. The topological polar surface area (TPSA) is 49.8 Å². The van der Waals surface area contributed by atoms with Crippen molar-refractivity contribution in [2.24, 2.45) is 0 Å². The van der Waals surface area contributed by atoms with Crippen LogP contribution in [0, 0.1) is 0 Å². The summed E-state index contributed by atoms with van der Waals surface area (Å²) in [5.41, 5.74) is 0.289. The largest absolute Gasteiger partial charge is 0.418 e. The minimum absolute atomic E-state index is 0.0594. The number of benzene rings is 2. The van der Waals surface area contributed by atoms with E-state index in [2.05, 4.69) is 20.6 Å². The molecule has 0 aliphatic rings. The van der Waals surface area contributed by atoms with Crippen molar-refractivity contribution in [2.75, 3.05) is 17.2 Å². The normalized spacial score (nSPS) is 11.3. The van der Waals surface area contributed by atoms with E-state index in [0.717, 1.165) is 18.1 Å². The molecule has 4 nitrogen and oxygen atoms in total. The lowest BCUT2D eigenvalue weighted by atomic mass is 10.1. The zero-order chi connectivity index (χ0) is 19.3. The number of halogens is 4. The van der Waals surface area contributed by atoms with Crippen LogP contribution in [-0.2, 0) is 12.6 Å². The van der Waals surface area contributed by atoms with E-state index >= 15 is 0 Å². The van der Waals surface area contributed by atoms with Gasteiger partial charge in [0.25, 0.3) is 0 Å². The third-order valence-electron chi connectivity index (χ3n) is 3.76. The second-order valence-electron chi connectivity index (χ2n) is 5.74. The highest BCUT2D eigenvalue weighted by Crippen LogP contribution is 2.35. The van der Waals surface area contributed by atoms with Gasteiger partial charge in [-0.05, 0) is 42.3 Å². The van der Waals surface area contributed by atoms with Crippen molar-refractivity contribution in [3.8, 4) is 0 Å². The highest BCUT2D eigenvalue weighted by Gasteiger charge is 2.33. The standard InChI is InChI=1S/C19H16ClF3N4/c20-14-7-5-13(6-8-14)9-11-24-18-25-12-10-17(27-18)26-16-4-2-1-3-15(16)19(21,22)23/h1-8,10,12H,9,11H2,(H2,24,25,26,27). The Bertz CT molecular complexity index is 898. The van der Waals surface area contributed by atoms with Crippen LogP contribution >= 0.6 is 11.6 Å². The van der Waals surface area contributed by atoms with Gasteiger partial charge in [-0.3, -0.25) is 0 Å². The molecule has 0 aliphatic carbocycles. The lowest BCUT2D eigenvalue weighted by Crippen LogP contribution is -2.10. The Morgan fingerprint density at radius 1 is 0.963 bits per heavy atom. The molecule has 3 aromatic rings. The lowest BCUT2D eigenvalue weighted by molar-refractivity contribution is -0.136. The fourth-order valence-electron chi connectivity index (χ4n) is 2.46. The third kappa shape index (κ3) is 5.34. The molecule has 0 radical (unpaired) electrons. The van der Waals surface area contributed by atoms with E-state index < -0.39 is 11.7 Å². The predicted molar refractivity (Wildman–Crippen MR) is 100 cm³/mol. The molecule has 0 saturated heterocycles. The number of aromatic nitrogens is 2. The van der Waals surface area contributed by atoms with Gasteiger partial charge in [0.05, 0.1) is 11.3 Å². The molecular formula is C19H16ClF3N4. The van der Waals surface area contributed by atoms with Crippen LogP contribution in [0.25, 0.3) is 0 Å². The Labute approximate surface area is 159 Å². The van der Waals surface area contributed by atoms with Crippen molar-refractivity contribution in [2.45, 2.75) is 12.6 Å². The van der Waals surface area contributed by atoms with Gasteiger partial charge in [0.15, 0.2) is 0 Å². The first-order valence-electron chi connectivity index (χ1n) is 8.16. The molecule has 3 rings (SSSR count). The summed E-state index contributed by atoms with van der Waals surface area (Å²) in [6, 6.07) is 14.3. The van der Waals surface area contributed by atoms with Crippen LogP contribution in [-0.4, -0.2) is 16.5 Å². The van der Waals surface area contributed by atoms with Crippen molar-refractivity contribution in [1.29, 1.82) is 0 Å². The number of rotatable bonds is 6. The van der Waals surface area contributed by atoms with Gasteiger partial charge in [-0.2, -0.15) is 18.2 Å². The van der Waals surface area contributed by atoms with Gasteiger partial charge in [-0.1, -0.05) is 35.9 Å². The minimum atomic E-state index is -4.45. The second-order valence-corrected chi connectivity index (χ2v) is 6.17. The zero-order valence-corrected chi connectivity index (χ0v) is 14.8. The summed E-state index contributed by atoms with van der Waals surface area (Å²) in [5.74, 6) is 0.606. The smallest absolute Gasteiger partial charge is 0.354 e. The Morgan fingerprint density at radius 3 is 2.44 bits per heavy atom. The summed E-state index contributed by atoms with van der Waals surface area (Å²) in [6.45, 7) is 0.574. The fraction of sp³-hybridized carbons (Fsp3) is 0.158. The van der Waals surface area contributed by atoms with Crippen LogP contribution in [0.1, 0.15) is 11.1 Å². The van der Waals surface area contributed by atoms with Crippen LogP contribution in [0.15, 0.2) is 60.8 Å². The summed E-state index contributed by atoms with van der Waals surface area (Å²) in [4.78, 5) is 8.31. The molecule has 0 unspecified atom stereocenters. The molecule has 8 heteroatoms. The first-order valence-corrected chi connectivity index (χ1v) is 8.54. The lowest BCUT2D eigenvalue weighted by Gasteiger charge is -2.14. The maximum atomic E-state index is 13.1. The highest BCUT2D eigenvalue weighted by molar-refractivity contribution is 6.30. The summed E-state index contributed by atoms with van der Waals surface area (Å²) >= 11 is 5.85. The van der Waals surface area contributed by atoms with Gasteiger partial charge in [0.1, 0.15) is 5.82 Å². The molecule has 27 heavy (non-hydrogen) atoms. The Morgan fingerprint density at radius 2 is 1.70 bits per heavy atom. The van der Waals surface area contributed by atoms with Crippen LogP contribution in [0.4, 0.5) is 30.6 Å². The van der Waals surface area contributed by atoms with Crippen LogP contribution in [0.3, 0.4) is 0 Å². The summed E-state index contributed by atoms with van der Waals surface area (Å²) in [7, 11) is 0. The molecule has 0 atom stereocenters. The number of hydrogen-bond acceptors (Lipinski definition) is 4. The van der Waals surface area contributed by atoms with Crippen molar-refractivity contribution in [1.82, 2.24) is 9.97 Å². The first kappa shape index (κ1) is 19.0. The quantitative estimate of drug-likeness (QED) is 0.577. The number of anilines is 3. The molecule has 1 heterocycles. The molecular weight excluding hydrogens is 377 g/mol. The SMILES string of the molecule is FC(F)(F)c1ccccc1Nc1ccnc(NCCc2ccc(Cl)cc2)n1. The number of nitrogens with one attached hydrogen (secondary N) is 2. The average Bonchev–Trinajstić information content (AvgIpc) is 2.63. The Balaban J connectivity index is 1.65. The average molecular weight is 393 g/mol. The zero-order valence-electron chi connectivity index (χ0n) is 14.1. The molecule has 2 aromatic carbocycles. The Kier molecular flexibility index (Phi) is 5.81. The highest BCUT2D eigenvalue weighted by atomic mass is 35.5. The monoisotopic (exact) mass is 392 g/mol. The predicted octanol–water partition coefficient (Wildman–Crippen LogP) is 5.55. The number of nitrogens with zero attached hydrogens (tertiary/aromatic N) is 2. The molecule has 0 aliphatic heterocycles. The van der Waals surface area contributed by atoms with Crippen molar-refractivity contribution < 1.29 is 13.2 Å². The second kappa shape index (κ2) is 8.26. The first-order chi connectivity index (χ1) is 12.9. The van der Waals surface area contributed by atoms with Crippen LogP contribution < -0.4 is 10.6 Å². The number of hydrogen-bond donors (Lipinski definition) is 2. The molecule has 0 saturated carbocycles. The summed E-state index contributed by atoms with van der Waals surface area (Å²) in [6.07, 6.45) is -2.23. The minimum Gasteiger partial charge on any atom is -0.354 e. The fourth-order valence-corrected chi connectivity index (χ4v) is 2.59. The molecule has 0 amide bonds. The van der Waals surface area contributed by atoms with E-state index in [1.54, 1.807) is 0 Å². The van der Waals surface area contributed by atoms with Crippen molar-refractivity contribution >= 4 is 29.1 Å². The van der Waals surface area contributed by atoms with Gasteiger partial charge >= 0.3 is 6.18 Å². The molecule has 0 bridgehead atoms. The molecule has 0 fully saturated rings. The Hall–Kier alpha value is -2.80. The van der Waals surface area contributed by atoms with Gasteiger partial charge in [-0.15, -0.1) is 0 Å². The van der Waals surface area contributed by atoms with E-state index in [-0.39, 0.29) is 11.5 Å². The van der Waals surface area contributed by atoms with Gasteiger partial charge in [0, 0.05) is 17.8 Å². The van der Waals surface area contributed by atoms with E-state index in [1.165, 1.54) is 30.5 Å². The van der Waals surface area contributed by atoms with Gasteiger partial charge in [0.2, 0.25) is 5.95 Å². The molecule has 1 aromatic heterocycles. The maximum Gasteiger partial charge on any atom is 0.418 e. The summed E-state index contributed by atoms with van der Waals surface area (Å²) in [5, 5.41) is 6.44. The van der Waals surface area contributed by atoms with Gasteiger partial charge < -0.3 is 10.6 Å². The number of alkyl halides is 3. The van der Waals surface area contributed by atoms with Crippen molar-refractivity contribution in [3.63, 3.8) is 0 Å². The van der Waals surface area contributed by atoms with Crippen LogP contribution in [0.2, 0.25) is 5.02 Å². The van der Waals surface area contributed by atoms with E-state index in [4.69, 9.17) is 11.6 Å². The number of para-hydroxylation sites is 1.